The van der Waals surface area contributed by atoms with Gasteiger partial charge in [0.25, 0.3) is 0 Å². The first kappa shape index (κ1) is 15.0. The molecule has 0 radical (unpaired) electrons. The molecule has 0 spiro atoms. The maximum atomic E-state index is 11.9. The molecule has 0 saturated heterocycles. The second-order valence-corrected chi connectivity index (χ2v) is 8.09. The van der Waals surface area contributed by atoms with Crippen molar-refractivity contribution in [2.75, 3.05) is 19.8 Å². The Hall–Kier alpha value is -0.0800. The van der Waals surface area contributed by atoms with E-state index in [1.807, 2.05) is 26.3 Å². The van der Waals surface area contributed by atoms with Crippen molar-refractivity contribution in [3.05, 3.63) is 17.0 Å². The Bertz CT molecular complexity index is 442. The zero-order valence-corrected chi connectivity index (χ0v) is 12.6. The first-order valence-electron chi connectivity index (χ1n) is 5.25. The molecule has 0 aromatic carbocycles. The lowest BCUT2D eigenvalue weighted by molar-refractivity contribution is 0.583. The third-order valence-electron chi connectivity index (χ3n) is 2.22. The molecular formula is C10H18N2O2S3. The zero-order valence-electron chi connectivity index (χ0n) is 10.2. The summed E-state index contributed by atoms with van der Waals surface area (Å²) < 4.78 is 26.9. The van der Waals surface area contributed by atoms with Crippen LogP contribution >= 0.6 is 23.1 Å². The van der Waals surface area contributed by atoms with E-state index in [0.29, 0.717) is 17.3 Å². The first-order valence-corrected chi connectivity index (χ1v) is 8.84. The lowest BCUT2D eigenvalue weighted by Gasteiger charge is -2.09. The Morgan fingerprint density at radius 3 is 2.76 bits per heavy atom. The fraction of sp³-hybridized carbons (Fsp3) is 0.600. The van der Waals surface area contributed by atoms with Gasteiger partial charge in [-0.3, -0.25) is 0 Å². The van der Waals surface area contributed by atoms with Gasteiger partial charge in [-0.25, -0.2) is 13.1 Å². The molecule has 7 heteroatoms. The molecule has 0 aliphatic rings. The van der Waals surface area contributed by atoms with Crippen LogP contribution in [-0.4, -0.2) is 33.5 Å². The van der Waals surface area contributed by atoms with Gasteiger partial charge in [0.15, 0.2) is 0 Å². The molecule has 4 nitrogen and oxygen atoms in total. The van der Waals surface area contributed by atoms with Crippen LogP contribution in [0.1, 0.15) is 11.8 Å². The third kappa shape index (κ3) is 4.59. The van der Waals surface area contributed by atoms with Gasteiger partial charge >= 0.3 is 0 Å². The van der Waals surface area contributed by atoms with Crippen LogP contribution in [0.4, 0.5) is 0 Å². The molecule has 0 fully saturated rings. The van der Waals surface area contributed by atoms with E-state index in [9.17, 15) is 8.42 Å². The average molecular weight is 294 g/mol. The van der Waals surface area contributed by atoms with Crippen molar-refractivity contribution in [1.29, 1.82) is 0 Å². The molecule has 1 heterocycles. The predicted molar refractivity (Wildman–Crippen MR) is 75.2 cm³/mol. The minimum atomic E-state index is -3.34. The van der Waals surface area contributed by atoms with E-state index in [-0.39, 0.29) is 5.25 Å². The van der Waals surface area contributed by atoms with E-state index in [4.69, 9.17) is 0 Å². The Morgan fingerprint density at radius 1 is 1.47 bits per heavy atom. The SMILES string of the molecule is CNCc1ccc(S(=O)(=O)NCC(C)SC)s1. The molecule has 98 valence electrons. The first-order chi connectivity index (χ1) is 7.99. The van der Waals surface area contributed by atoms with Gasteiger partial charge in [-0.1, -0.05) is 6.92 Å². The van der Waals surface area contributed by atoms with Gasteiger partial charge in [0.05, 0.1) is 0 Å². The highest BCUT2D eigenvalue weighted by atomic mass is 32.2. The molecule has 1 rings (SSSR count). The number of sulfonamides is 1. The normalized spacial score (nSPS) is 13.8. The molecular weight excluding hydrogens is 276 g/mol. The highest BCUT2D eigenvalue weighted by molar-refractivity contribution is 7.99. The van der Waals surface area contributed by atoms with Crippen LogP contribution in [0.2, 0.25) is 0 Å². The van der Waals surface area contributed by atoms with E-state index in [1.165, 1.54) is 11.3 Å². The maximum absolute atomic E-state index is 11.9. The van der Waals surface area contributed by atoms with E-state index < -0.39 is 10.0 Å². The molecule has 1 aromatic rings. The van der Waals surface area contributed by atoms with Crippen LogP contribution in [0.3, 0.4) is 0 Å². The van der Waals surface area contributed by atoms with Crippen LogP contribution in [0, 0.1) is 0 Å². The molecule has 0 amide bonds. The number of rotatable bonds is 7. The zero-order chi connectivity index (χ0) is 12.9. The largest absolute Gasteiger partial charge is 0.315 e. The minimum absolute atomic E-state index is 0.279. The number of hydrogen-bond donors (Lipinski definition) is 2. The molecule has 1 atom stereocenters. The molecule has 0 aliphatic carbocycles. The quantitative estimate of drug-likeness (QED) is 0.800. The van der Waals surface area contributed by atoms with Crippen molar-refractivity contribution in [1.82, 2.24) is 10.0 Å². The van der Waals surface area contributed by atoms with E-state index >= 15 is 0 Å². The van der Waals surface area contributed by atoms with Gasteiger partial charge in [0, 0.05) is 23.2 Å². The smallest absolute Gasteiger partial charge is 0.250 e. The Labute approximate surface area is 111 Å². The summed E-state index contributed by atoms with van der Waals surface area (Å²) in [5, 5.41) is 3.28. The lowest BCUT2D eigenvalue weighted by atomic mass is 10.5. The third-order valence-corrected chi connectivity index (χ3v) is 6.19. The van der Waals surface area contributed by atoms with Crippen molar-refractivity contribution in [2.24, 2.45) is 0 Å². The van der Waals surface area contributed by atoms with Gasteiger partial charge in [-0.15, -0.1) is 11.3 Å². The number of thioether (sulfide) groups is 1. The van der Waals surface area contributed by atoms with Crippen LogP contribution < -0.4 is 10.0 Å². The summed E-state index contributed by atoms with van der Waals surface area (Å²) in [6.07, 6.45) is 1.97. The van der Waals surface area contributed by atoms with Crippen molar-refractivity contribution in [2.45, 2.75) is 22.9 Å². The van der Waals surface area contributed by atoms with E-state index in [2.05, 4.69) is 10.0 Å². The second-order valence-electron chi connectivity index (χ2n) is 3.65. The lowest BCUT2D eigenvalue weighted by Crippen LogP contribution is -2.28. The number of nitrogens with one attached hydrogen (secondary N) is 2. The Kier molecular flexibility index (Phi) is 5.94. The van der Waals surface area contributed by atoms with Crippen LogP contribution in [0.25, 0.3) is 0 Å². The fourth-order valence-corrected chi connectivity index (χ4v) is 4.05. The molecule has 1 aromatic heterocycles. The number of thiophene rings is 1. The van der Waals surface area contributed by atoms with Gasteiger partial charge in [0.1, 0.15) is 4.21 Å². The molecule has 0 aliphatic heterocycles. The highest BCUT2D eigenvalue weighted by Crippen LogP contribution is 2.21. The molecule has 2 N–H and O–H groups in total. The topological polar surface area (TPSA) is 58.2 Å². The summed E-state index contributed by atoms with van der Waals surface area (Å²) in [5.41, 5.74) is 0. The Morgan fingerprint density at radius 2 is 2.18 bits per heavy atom. The van der Waals surface area contributed by atoms with Crippen molar-refractivity contribution in [3.63, 3.8) is 0 Å². The predicted octanol–water partition coefficient (Wildman–Crippen LogP) is 1.50. The summed E-state index contributed by atoms with van der Waals surface area (Å²) in [7, 11) is -1.50. The minimum Gasteiger partial charge on any atom is -0.315 e. The molecule has 17 heavy (non-hydrogen) atoms. The summed E-state index contributed by atoms with van der Waals surface area (Å²) in [4.78, 5) is 1.02. The van der Waals surface area contributed by atoms with Crippen LogP contribution in [-0.2, 0) is 16.6 Å². The molecule has 0 saturated carbocycles. The molecule has 1 unspecified atom stereocenters. The monoisotopic (exact) mass is 294 g/mol. The average Bonchev–Trinajstić information content (AvgIpc) is 2.76. The fourth-order valence-electron chi connectivity index (χ4n) is 1.15. The molecule has 0 bridgehead atoms. The highest BCUT2D eigenvalue weighted by Gasteiger charge is 2.17. The summed E-state index contributed by atoms with van der Waals surface area (Å²) in [6, 6.07) is 3.50. The van der Waals surface area contributed by atoms with Gasteiger partial charge in [-0.05, 0) is 25.4 Å². The van der Waals surface area contributed by atoms with Crippen molar-refractivity contribution < 1.29 is 8.42 Å². The van der Waals surface area contributed by atoms with E-state index in [0.717, 1.165) is 4.88 Å². The van der Waals surface area contributed by atoms with Gasteiger partial charge in [0.2, 0.25) is 10.0 Å². The van der Waals surface area contributed by atoms with Gasteiger partial charge < -0.3 is 5.32 Å². The second kappa shape index (κ2) is 6.75. The Balaban J connectivity index is 2.68. The summed E-state index contributed by atoms with van der Waals surface area (Å²) in [6.45, 7) is 3.15. The summed E-state index contributed by atoms with van der Waals surface area (Å²) >= 11 is 2.94. The van der Waals surface area contributed by atoms with Crippen LogP contribution in [0.5, 0.6) is 0 Å². The summed E-state index contributed by atoms with van der Waals surface area (Å²) in [5.74, 6) is 0. The maximum Gasteiger partial charge on any atom is 0.250 e. The number of hydrogen-bond acceptors (Lipinski definition) is 5. The van der Waals surface area contributed by atoms with Crippen LogP contribution in [0.15, 0.2) is 16.3 Å². The van der Waals surface area contributed by atoms with E-state index in [1.54, 1.807) is 17.8 Å². The standard InChI is InChI=1S/C10H18N2O2S3/c1-8(15-3)6-12-17(13,14)10-5-4-9(16-10)7-11-2/h4-5,8,11-12H,6-7H2,1-3H3. The van der Waals surface area contributed by atoms with Crippen molar-refractivity contribution in [3.8, 4) is 0 Å². The van der Waals surface area contributed by atoms with Gasteiger partial charge in [-0.2, -0.15) is 11.8 Å². The van der Waals surface area contributed by atoms with Crippen molar-refractivity contribution >= 4 is 33.1 Å².